The molecule has 0 aromatic heterocycles. The maximum Gasteiger partial charge on any atom is 0.251 e. The summed E-state index contributed by atoms with van der Waals surface area (Å²) in [5, 5.41) is 2.95. The summed E-state index contributed by atoms with van der Waals surface area (Å²) in [5.74, 6) is 0.637. The molecule has 1 fully saturated rings. The SMILES string of the molecule is Cc1ccc(C(=O)NCC2(CCl)CC2)cc1. The number of aryl methyl sites for hydroxylation is 1. The molecule has 1 amide bonds. The Bertz CT molecular complexity index is 381. The smallest absolute Gasteiger partial charge is 0.251 e. The standard InChI is InChI=1S/C13H16ClNO/c1-10-2-4-11(5-3-10)12(16)15-9-13(8-14)6-7-13/h2-5H,6-9H2,1H3,(H,15,16). The van der Waals surface area contributed by atoms with Crippen LogP contribution in [0.3, 0.4) is 0 Å². The molecule has 1 aliphatic rings. The third-order valence-corrected chi connectivity index (χ3v) is 3.75. The van der Waals surface area contributed by atoms with Crippen molar-refractivity contribution in [1.82, 2.24) is 5.32 Å². The lowest BCUT2D eigenvalue weighted by atomic mass is 10.1. The van der Waals surface area contributed by atoms with Gasteiger partial charge in [0.2, 0.25) is 0 Å². The lowest BCUT2D eigenvalue weighted by Gasteiger charge is -2.12. The molecule has 1 aliphatic carbocycles. The fourth-order valence-corrected chi connectivity index (χ4v) is 1.97. The fraction of sp³-hybridized carbons (Fsp3) is 0.462. The zero-order chi connectivity index (χ0) is 11.6. The van der Waals surface area contributed by atoms with Gasteiger partial charge in [0.15, 0.2) is 0 Å². The van der Waals surface area contributed by atoms with Crippen molar-refractivity contribution in [2.24, 2.45) is 5.41 Å². The molecular weight excluding hydrogens is 222 g/mol. The van der Waals surface area contributed by atoms with Crippen molar-refractivity contribution in [2.75, 3.05) is 12.4 Å². The Morgan fingerprint density at radius 1 is 1.38 bits per heavy atom. The first-order chi connectivity index (χ1) is 7.65. The largest absolute Gasteiger partial charge is 0.351 e. The van der Waals surface area contributed by atoms with E-state index in [4.69, 9.17) is 11.6 Å². The molecule has 2 nitrogen and oxygen atoms in total. The van der Waals surface area contributed by atoms with E-state index in [1.165, 1.54) is 0 Å². The number of carbonyl (C=O) groups is 1. The maximum atomic E-state index is 11.8. The first-order valence-corrected chi connectivity index (χ1v) is 6.10. The third kappa shape index (κ3) is 2.56. The molecule has 1 aromatic carbocycles. The van der Waals surface area contributed by atoms with E-state index < -0.39 is 0 Å². The van der Waals surface area contributed by atoms with Crippen molar-refractivity contribution >= 4 is 17.5 Å². The van der Waals surface area contributed by atoms with Gasteiger partial charge in [0, 0.05) is 23.4 Å². The summed E-state index contributed by atoms with van der Waals surface area (Å²) in [6.45, 7) is 2.71. The number of nitrogens with one attached hydrogen (secondary N) is 1. The van der Waals surface area contributed by atoms with Gasteiger partial charge >= 0.3 is 0 Å². The molecule has 0 radical (unpaired) electrons. The molecule has 86 valence electrons. The summed E-state index contributed by atoms with van der Waals surface area (Å²) < 4.78 is 0. The lowest BCUT2D eigenvalue weighted by molar-refractivity contribution is 0.0946. The van der Waals surface area contributed by atoms with Gasteiger partial charge in [-0.05, 0) is 31.9 Å². The Balaban J connectivity index is 1.91. The molecule has 0 atom stereocenters. The van der Waals surface area contributed by atoms with E-state index in [2.05, 4.69) is 5.32 Å². The second-order valence-electron chi connectivity index (χ2n) is 4.68. The first kappa shape index (κ1) is 11.5. The van der Waals surface area contributed by atoms with Crippen LogP contribution in [-0.4, -0.2) is 18.3 Å². The number of amides is 1. The van der Waals surface area contributed by atoms with E-state index >= 15 is 0 Å². The number of carbonyl (C=O) groups excluding carboxylic acids is 1. The number of alkyl halides is 1. The van der Waals surface area contributed by atoms with E-state index in [1.807, 2.05) is 31.2 Å². The Morgan fingerprint density at radius 3 is 2.50 bits per heavy atom. The van der Waals surface area contributed by atoms with Gasteiger partial charge in [-0.25, -0.2) is 0 Å². The Morgan fingerprint density at radius 2 is 2.00 bits per heavy atom. The monoisotopic (exact) mass is 237 g/mol. The highest BCUT2D eigenvalue weighted by Gasteiger charge is 2.41. The van der Waals surface area contributed by atoms with Crippen LogP contribution < -0.4 is 5.32 Å². The van der Waals surface area contributed by atoms with Gasteiger partial charge in [0.05, 0.1) is 0 Å². The summed E-state index contributed by atoms with van der Waals surface area (Å²) in [6.07, 6.45) is 2.26. The number of hydrogen-bond donors (Lipinski definition) is 1. The van der Waals surface area contributed by atoms with Gasteiger partial charge in [-0.1, -0.05) is 17.7 Å². The van der Waals surface area contributed by atoms with Gasteiger partial charge in [-0.15, -0.1) is 11.6 Å². The highest BCUT2D eigenvalue weighted by Crippen LogP contribution is 2.45. The van der Waals surface area contributed by atoms with Crippen molar-refractivity contribution in [1.29, 1.82) is 0 Å². The molecule has 0 heterocycles. The maximum absolute atomic E-state index is 11.8. The summed E-state index contributed by atoms with van der Waals surface area (Å²) in [4.78, 5) is 11.8. The quantitative estimate of drug-likeness (QED) is 0.802. The molecule has 16 heavy (non-hydrogen) atoms. The average molecular weight is 238 g/mol. The predicted molar refractivity (Wildman–Crippen MR) is 65.9 cm³/mol. The van der Waals surface area contributed by atoms with Crippen LogP contribution in [0.15, 0.2) is 24.3 Å². The predicted octanol–water partition coefficient (Wildman–Crippen LogP) is 2.74. The molecule has 1 aromatic rings. The summed E-state index contributed by atoms with van der Waals surface area (Å²) in [7, 11) is 0. The summed E-state index contributed by atoms with van der Waals surface area (Å²) in [5.41, 5.74) is 2.06. The van der Waals surface area contributed by atoms with Crippen LogP contribution >= 0.6 is 11.6 Å². The summed E-state index contributed by atoms with van der Waals surface area (Å²) >= 11 is 5.85. The van der Waals surface area contributed by atoms with Gasteiger partial charge < -0.3 is 5.32 Å². The minimum absolute atomic E-state index is 0.00334. The van der Waals surface area contributed by atoms with E-state index in [0.717, 1.165) is 24.0 Å². The molecule has 0 bridgehead atoms. The van der Waals surface area contributed by atoms with E-state index in [1.54, 1.807) is 0 Å². The van der Waals surface area contributed by atoms with Crippen LogP contribution in [0.5, 0.6) is 0 Å². The van der Waals surface area contributed by atoms with Crippen LogP contribution in [-0.2, 0) is 0 Å². The van der Waals surface area contributed by atoms with Crippen LogP contribution in [0.25, 0.3) is 0 Å². The molecule has 0 aliphatic heterocycles. The normalized spacial score (nSPS) is 16.9. The van der Waals surface area contributed by atoms with Gasteiger partial charge in [0.25, 0.3) is 5.91 Å². The van der Waals surface area contributed by atoms with Gasteiger partial charge in [-0.3, -0.25) is 4.79 Å². The zero-order valence-electron chi connectivity index (χ0n) is 9.42. The molecule has 0 unspecified atom stereocenters. The van der Waals surface area contributed by atoms with Crippen LogP contribution in [0.1, 0.15) is 28.8 Å². The lowest BCUT2D eigenvalue weighted by Crippen LogP contribution is -2.30. The van der Waals surface area contributed by atoms with E-state index in [9.17, 15) is 4.79 Å². The number of halogens is 1. The molecule has 0 saturated heterocycles. The average Bonchev–Trinajstić information content (AvgIpc) is 3.08. The highest BCUT2D eigenvalue weighted by molar-refractivity contribution is 6.18. The number of hydrogen-bond acceptors (Lipinski definition) is 1. The van der Waals surface area contributed by atoms with E-state index in [0.29, 0.717) is 12.4 Å². The third-order valence-electron chi connectivity index (χ3n) is 3.18. The second-order valence-corrected chi connectivity index (χ2v) is 4.95. The molecular formula is C13H16ClNO. The number of rotatable bonds is 4. The van der Waals surface area contributed by atoms with Crippen molar-refractivity contribution < 1.29 is 4.79 Å². The van der Waals surface area contributed by atoms with Crippen LogP contribution in [0.2, 0.25) is 0 Å². The van der Waals surface area contributed by atoms with Crippen LogP contribution in [0.4, 0.5) is 0 Å². The van der Waals surface area contributed by atoms with Crippen molar-refractivity contribution in [2.45, 2.75) is 19.8 Å². The Labute approximate surface area is 101 Å². The van der Waals surface area contributed by atoms with E-state index in [-0.39, 0.29) is 11.3 Å². The summed E-state index contributed by atoms with van der Waals surface area (Å²) in [6, 6.07) is 7.60. The van der Waals surface area contributed by atoms with Crippen LogP contribution in [0, 0.1) is 12.3 Å². The Kier molecular flexibility index (Phi) is 3.20. The molecule has 3 heteroatoms. The first-order valence-electron chi connectivity index (χ1n) is 5.56. The van der Waals surface area contributed by atoms with Crippen molar-refractivity contribution in [3.05, 3.63) is 35.4 Å². The molecule has 0 spiro atoms. The number of benzene rings is 1. The zero-order valence-corrected chi connectivity index (χ0v) is 10.2. The molecule has 2 rings (SSSR count). The topological polar surface area (TPSA) is 29.1 Å². The van der Waals surface area contributed by atoms with Gasteiger partial charge in [-0.2, -0.15) is 0 Å². The van der Waals surface area contributed by atoms with Gasteiger partial charge in [0.1, 0.15) is 0 Å². The van der Waals surface area contributed by atoms with Crippen molar-refractivity contribution in [3.63, 3.8) is 0 Å². The highest BCUT2D eigenvalue weighted by atomic mass is 35.5. The fourth-order valence-electron chi connectivity index (χ4n) is 1.61. The molecule has 1 saturated carbocycles. The molecule has 1 N–H and O–H groups in total. The minimum Gasteiger partial charge on any atom is -0.351 e. The second kappa shape index (κ2) is 4.46. The van der Waals surface area contributed by atoms with Crippen molar-refractivity contribution in [3.8, 4) is 0 Å². The minimum atomic E-state index is -0.00334. The Hall–Kier alpha value is -1.02.